The summed E-state index contributed by atoms with van der Waals surface area (Å²) < 4.78 is 13.3. The number of amides is 2. The van der Waals surface area contributed by atoms with E-state index >= 15 is 0 Å². The van der Waals surface area contributed by atoms with Gasteiger partial charge in [-0.15, -0.1) is 0 Å². The summed E-state index contributed by atoms with van der Waals surface area (Å²) in [5, 5.41) is 5.15. The standard InChI is InChI=1S/C14H19FN2O2/c1-9(2)10(3)17-13(18)8-16-14(19)11-6-4-5-7-12(11)15/h4-7,9-10H,8H2,1-3H3,(H,16,19)(H,17,18). The lowest BCUT2D eigenvalue weighted by Gasteiger charge is -2.17. The Morgan fingerprint density at radius 2 is 1.84 bits per heavy atom. The molecular weight excluding hydrogens is 247 g/mol. The highest BCUT2D eigenvalue weighted by atomic mass is 19.1. The molecule has 1 unspecified atom stereocenters. The van der Waals surface area contributed by atoms with E-state index in [1.165, 1.54) is 18.2 Å². The number of halogens is 1. The van der Waals surface area contributed by atoms with Gasteiger partial charge in [-0.1, -0.05) is 26.0 Å². The third kappa shape index (κ3) is 4.69. The molecule has 0 saturated carbocycles. The first-order valence-electron chi connectivity index (χ1n) is 6.24. The number of rotatable bonds is 5. The van der Waals surface area contributed by atoms with Gasteiger partial charge < -0.3 is 10.6 Å². The van der Waals surface area contributed by atoms with Crippen LogP contribution < -0.4 is 10.6 Å². The molecule has 0 fully saturated rings. The summed E-state index contributed by atoms with van der Waals surface area (Å²) in [6.45, 7) is 5.71. The minimum atomic E-state index is -0.601. The first-order valence-corrected chi connectivity index (χ1v) is 6.24. The minimum absolute atomic E-state index is 0.0258. The van der Waals surface area contributed by atoms with Crippen molar-refractivity contribution in [2.75, 3.05) is 6.54 Å². The molecule has 2 amide bonds. The van der Waals surface area contributed by atoms with Crippen molar-refractivity contribution in [2.24, 2.45) is 5.92 Å². The largest absolute Gasteiger partial charge is 0.352 e. The highest BCUT2D eigenvalue weighted by Crippen LogP contribution is 2.05. The van der Waals surface area contributed by atoms with Crippen molar-refractivity contribution in [1.82, 2.24) is 10.6 Å². The molecule has 1 atom stereocenters. The van der Waals surface area contributed by atoms with Gasteiger partial charge in [0.2, 0.25) is 5.91 Å². The van der Waals surface area contributed by atoms with E-state index < -0.39 is 11.7 Å². The Labute approximate surface area is 112 Å². The van der Waals surface area contributed by atoms with Crippen LogP contribution in [0.2, 0.25) is 0 Å². The first kappa shape index (κ1) is 15.1. The van der Waals surface area contributed by atoms with E-state index in [0.717, 1.165) is 0 Å². The smallest absolute Gasteiger partial charge is 0.254 e. The van der Waals surface area contributed by atoms with Gasteiger partial charge in [-0.2, -0.15) is 0 Å². The van der Waals surface area contributed by atoms with Crippen LogP contribution in [-0.2, 0) is 4.79 Å². The van der Waals surface area contributed by atoms with Gasteiger partial charge in [-0.3, -0.25) is 9.59 Å². The molecule has 0 radical (unpaired) electrons. The van der Waals surface area contributed by atoms with E-state index in [9.17, 15) is 14.0 Å². The van der Waals surface area contributed by atoms with Gasteiger partial charge in [-0.25, -0.2) is 4.39 Å². The summed E-state index contributed by atoms with van der Waals surface area (Å²) >= 11 is 0. The van der Waals surface area contributed by atoms with E-state index in [0.29, 0.717) is 5.92 Å². The average molecular weight is 266 g/mol. The van der Waals surface area contributed by atoms with Crippen LogP contribution in [0.3, 0.4) is 0 Å². The zero-order valence-corrected chi connectivity index (χ0v) is 11.4. The van der Waals surface area contributed by atoms with Gasteiger partial charge in [0, 0.05) is 6.04 Å². The molecule has 0 aliphatic carbocycles. The molecule has 0 aliphatic heterocycles. The molecule has 19 heavy (non-hydrogen) atoms. The molecule has 0 spiro atoms. The van der Waals surface area contributed by atoms with Crippen LogP contribution >= 0.6 is 0 Å². The number of benzene rings is 1. The van der Waals surface area contributed by atoms with Crippen molar-refractivity contribution >= 4 is 11.8 Å². The number of hydrogen-bond donors (Lipinski definition) is 2. The Morgan fingerprint density at radius 1 is 1.21 bits per heavy atom. The van der Waals surface area contributed by atoms with Gasteiger partial charge in [0.1, 0.15) is 5.82 Å². The molecule has 0 aromatic heterocycles. The predicted octanol–water partition coefficient (Wildman–Crippen LogP) is 1.72. The molecule has 4 nitrogen and oxygen atoms in total. The third-order valence-corrected chi connectivity index (χ3v) is 2.92. The van der Waals surface area contributed by atoms with Crippen LogP contribution in [0.4, 0.5) is 4.39 Å². The lowest BCUT2D eigenvalue weighted by molar-refractivity contribution is -0.121. The van der Waals surface area contributed by atoms with Gasteiger partial charge >= 0.3 is 0 Å². The summed E-state index contributed by atoms with van der Waals surface area (Å²) in [5.41, 5.74) is -0.0628. The van der Waals surface area contributed by atoms with Crippen LogP contribution in [0, 0.1) is 11.7 Å². The summed E-state index contributed by atoms with van der Waals surface area (Å²) in [5.74, 6) is -1.17. The first-order chi connectivity index (χ1) is 8.91. The van der Waals surface area contributed by atoms with Crippen molar-refractivity contribution in [3.8, 4) is 0 Å². The topological polar surface area (TPSA) is 58.2 Å². The highest BCUT2D eigenvalue weighted by Gasteiger charge is 2.14. The molecule has 1 aromatic carbocycles. The fourth-order valence-electron chi connectivity index (χ4n) is 1.37. The Hall–Kier alpha value is -1.91. The second-order valence-corrected chi connectivity index (χ2v) is 4.76. The highest BCUT2D eigenvalue weighted by molar-refractivity contribution is 5.96. The number of carbonyl (C=O) groups excluding carboxylic acids is 2. The predicted molar refractivity (Wildman–Crippen MR) is 71.2 cm³/mol. The maximum atomic E-state index is 13.3. The molecule has 2 N–H and O–H groups in total. The second kappa shape index (κ2) is 6.87. The maximum absolute atomic E-state index is 13.3. The Morgan fingerprint density at radius 3 is 2.42 bits per heavy atom. The fourth-order valence-corrected chi connectivity index (χ4v) is 1.37. The molecule has 1 aromatic rings. The summed E-state index contributed by atoms with van der Waals surface area (Å²) in [6.07, 6.45) is 0. The van der Waals surface area contributed by atoms with Gasteiger partial charge in [0.25, 0.3) is 5.91 Å². The molecule has 0 heterocycles. The van der Waals surface area contributed by atoms with E-state index in [2.05, 4.69) is 10.6 Å². The normalized spacial score (nSPS) is 12.1. The number of hydrogen-bond acceptors (Lipinski definition) is 2. The van der Waals surface area contributed by atoms with Crippen LogP contribution in [-0.4, -0.2) is 24.4 Å². The van der Waals surface area contributed by atoms with Crippen molar-refractivity contribution in [3.63, 3.8) is 0 Å². The lowest BCUT2D eigenvalue weighted by atomic mass is 10.1. The van der Waals surface area contributed by atoms with Crippen molar-refractivity contribution in [1.29, 1.82) is 0 Å². The maximum Gasteiger partial charge on any atom is 0.254 e. The van der Waals surface area contributed by atoms with Crippen molar-refractivity contribution in [2.45, 2.75) is 26.8 Å². The van der Waals surface area contributed by atoms with Crippen molar-refractivity contribution < 1.29 is 14.0 Å². The van der Waals surface area contributed by atoms with Crippen molar-refractivity contribution in [3.05, 3.63) is 35.6 Å². The Balaban J connectivity index is 2.47. The quantitative estimate of drug-likeness (QED) is 0.852. The molecule has 1 rings (SSSR count). The Kier molecular flexibility index (Phi) is 5.48. The molecule has 0 saturated heterocycles. The molecule has 0 bridgehead atoms. The Bertz CT molecular complexity index is 461. The van der Waals surface area contributed by atoms with E-state index in [-0.39, 0.29) is 24.1 Å². The zero-order chi connectivity index (χ0) is 14.4. The summed E-state index contributed by atoms with van der Waals surface area (Å²) in [4.78, 5) is 23.2. The van der Waals surface area contributed by atoms with Crippen LogP contribution in [0.15, 0.2) is 24.3 Å². The van der Waals surface area contributed by atoms with E-state index in [4.69, 9.17) is 0 Å². The lowest BCUT2D eigenvalue weighted by Crippen LogP contribution is -2.42. The molecule has 104 valence electrons. The average Bonchev–Trinajstić information content (AvgIpc) is 2.36. The van der Waals surface area contributed by atoms with Crippen LogP contribution in [0.5, 0.6) is 0 Å². The number of carbonyl (C=O) groups is 2. The van der Waals surface area contributed by atoms with Gasteiger partial charge in [-0.05, 0) is 25.0 Å². The zero-order valence-electron chi connectivity index (χ0n) is 11.4. The van der Waals surface area contributed by atoms with Crippen LogP contribution in [0.1, 0.15) is 31.1 Å². The number of nitrogens with one attached hydrogen (secondary N) is 2. The minimum Gasteiger partial charge on any atom is -0.352 e. The molecule has 5 heteroatoms. The van der Waals surface area contributed by atoms with E-state index in [1.54, 1.807) is 6.07 Å². The SMILES string of the molecule is CC(C)C(C)NC(=O)CNC(=O)c1ccccc1F. The molecule has 0 aliphatic rings. The summed E-state index contributed by atoms with van der Waals surface area (Å²) in [6, 6.07) is 5.68. The fraction of sp³-hybridized carbons (Fsp3) is 0.429. The van der Waals surface area contributed by atoms with Crippen LogP contribution in [0.25, 0.3) is 0 Å². The molecular formula is C14H19FN2O2. The van der Waals surface area contributed by atoms with E-state index in [1.807, 2.05) is 20.8 Å². The van der Waals surface area contributed by atoms with Gasteiger partial charge in [0.15, 0.2) is 0 Å². The third-order valence-electron chi connectivity index (χ3n) is 2.92. The second-order valence-electron chi connectivity index (χ2n) is 4.76. The monoisotopic (exact) mass is 266 g/mol. The summed E-state index contributed by atoms with van der Waals surface area (Å²) in [7, 11) is 0. The van der Waals surface area contributed by atoms with Gasteiger partial charge in [0.05, 0.1) is 12.1 Å².